The number of likely N-dealkylation sites (tertiary alicyclic amines) is 1. The van der Waals surface area contributed by atoms with Crippen molar-refractivity contribution in [3.63, 3.8) is 0 Å². The lowest BCUT2D eigenvalue weighted by atomic mass is 9.73. The third kappa shape index (κ3) is 2.95. The summed E-state index contributed by atoms with van der Waals surface area (Å²) in [6.45, 7) is 7.57. The molecule has 148 valence electrons. The van der Waals surface area contributed by atoms with E-state index in [0.29, 0.717) is 23.9 Å². The quantitative estimate of drug-likeness (QED) is 0.863. The van der Waals surface area contributed by atoms with Crippen LogP contribution in [0.1, 0.15) is 40.3 Å². The fourth-order valence-corrected chi connectivity index (χ4v) is 5.44. The summed E-state index contributed by atoms with van der Waals surface area (Å²) in [6.07, 6.45) is 5.80. The summed E-state index contributed by atoms with van der Waals surface area (Å²) in [5.74, 6) is 2.85. The number of amides is 1. The Balaban J connectivity index is 1.25. The van der Waals surface area contributed by atoms with Gasteiger partial charge in [-0.15, -0.1) is 0 Å². The summed E-state index contributed by atoms with van der Waals surface area (Å²) >= 11 is 0. The Hall–Kier alpha value is -2.18. The van der Waals surface area contributed by atoms with Crippen molar-refractivity contribution in [1.82, 2.24) is 15.2 Å². The highest BCUT2D eigenvalue weighted by atomic mass is 16.5. The molecule has 3 saturated heterocycles. The zero-order valence-electron chi connectivity index (χ0n) is 16.5. The zero-order valence-corrected chi connectivity index (χ0v) is 16.5. The molecule has 2 bridgehead atoms. The van der Waals surface area contributed by atoms with Gasteiger partial charge in [-0.05, 0) is 50.5 Å². The molecule has 1 N–H and O–H groups in total. The first-order chi connectivity index (χ1) is 13.5. The lowest BCUT2D eigenvalue weighted by Gasteiger charge is -2.29. The first-order valence-electron chi connectivity index (χ1n) is 10.2. The molecule has 6 heteroatoms. The van der Waals surface area contributed by atoms with E-state index in [0.717, 1.165) is 44.0 Å². The van der Waals surface area contributed by atoms with E-state index in [-0.39, 0.29) is 17.6 Å². The van der Waals surface area contributed by atoms with Crippen molar-refractivity contribution in [2.24, 2.45) is 11.8 Å². The second kappa shape index (κ2) is 6.71. The minimum Gasteiger partial charge on any atom is -0.465 e. The Morgan fingerprint density at radius 3 is 2.93 bits per heavy atom. The molecule has 1 spiro atoms. The van der Waals surface area contributed by atoms with Crippen LogP contribution in [0.4, 0.5) is 0 Å². The van der Waals surface area contributed by atoms with Crippen molar-refractivity contribution in [3.8, 4) is 0 Å². The lowest BCUT2D eigenvalue weighted by molar-refractivity contribution is 0.00166. The van der Waals surface area contributed by atoms with Crippen LogP contribution in [0.2, 0.25) is 0 Å². The van der Waals surface area contributed by atoms with Gasteiger partial charge in [-0.2, -0.15) is 0 Å². The maximum atomic E-state index is 12.4. The van der Waals surface area contributed by atoms with Gasteiger partial charge in [-0.25, -0.2) is 0 Å². The third-order valence-electron chi connectivity index (χ3n) is 6.89. The van der Waals surface area contributed by atoms with Gasteiger partial charge in [0.05, 0.1) is 18.2 Å². The standard InChI is InChI=1S/C22H27N3O3/c1-14-9-17(27-15(14)2)11-25-12-19-18(20-3-6-22(19,13-25)28-20)10-24-21(26)16-4-7-23-8-5-16/h4-5,7-9,18-20H,3,6,10-13H2,1-2H3,(H,24,26)/t18-,19+,20+,22+/m0/s1. The molecule has 0 aromatic carbocycles. The fourth-order valence-electron chi connectivity index (χ4n) is 5.44. The smallest absolute Gasteiger partial charge is 0.251 e. The molecule has 5 rings (SSSR count). The van der Waals surface area contributed by atoms with Gasteiger partial charge < -0.3 is 14.5 Å². The van der Waals surface area contributed by atoms with E-state index in [1.165, 1.54) is 5.56 Å². The average Bonchev–Trinajstić information content (AvgIpc) is 3.41. The van der Waals surface area contributed by atoms with E-state index in [1.807, 2.05) is 6.92 Å². The molecule has 0 radical (unpaired) electrons. The van der Waals surface area contributed by atoms with Crippen LogP contribution < -0.4 is 5.32 Å². The van der Waals surface area contributed by atoms with Gasteiger partial charge in [0.25, 0.3) is 5.91 Å². The number of carbonyl (C=O) groups is 1. The topological polar surface area (TPSA) is 67.6 Å². The summed E-state index contributed by atoms with van der Waals surface area (Å²) in [5.41, 5.74) is 1.83. The highest BCUT2D eigenvalue weighted by Crippen LogP contribution is 2.54. The fraction of sp³-hybridized carbons (Fsp3) is 0.545. The van der Waals surface area contributed by atoms with E-state index in [1.54, 1.807) is 24.5 Å². The van der Waals surface area contributed by atoms with Crippen LogP contribution in [0.5, 0.6) is 0 Å². The molecule has 0 unspecified atom stereocenters. The number of aryl methyl sites for hydroxylation is 2. The summed E-state index contributed by atoms with van der Waals surface area (Å²) in [5, 5.41) is 3.13. The minimum absolute atomic E-state index is 0.0318. The largest absolute Gasteiger partial charge is 0.465 e. The molecule has 5 heterocycles. The number of aromatic nitrogens is 1. The maximum Gasteiger partial charge on any atom is 0.251 e. The van der Waals surface area contributed by atoms with Crippen LogP contribution >= 0.6 is 0 Å². The number of furan rings is 1. The second-order valence-corrected chi connectivity index (χ2v) is 8.60. The normalized spacial score (nSPS) is 31.3. The van der Waals surface area contributed by atoms with E-state index in [4.69, 9.17) is 9.15 Å². The van der Waals surface area contributed by atoms with Crippen molar-refractivity contribution in [2.45, 2.75) is 44.9 Å². The molecule has 2 aromatic heterocycles. The summed E-state index contributed by atoms with van der Waals surface area (Å²) in [4.78, 5) is 18.9. The number of pyridine rings is 1. The van der Waals surface area contributed by atoms with Crippen molar-refractivity contribution < 1.29 is 13.9 Å². The van der Waals surface area contributed by atoms with Gasteiger partial charge in [0.2, 0.25) is 0 Å². The van der Waals surface area contributed by atoms with E-state index >= 15 is 0 Å². The van der Waals surface area contributed by atoms with Crippen LogP contribution in [-0.2, 0) is 11.3 Å². The first kappa shape index (κ1) is 17.9. The van der Waals surface area contributed by atoms with Gasteiger partial charge in [-0.3, -0.25) is 14.7 Å². The van der Waals surface area contributed by atoms with Gasteiger partial charge >= 0.3 is 0 Å². The molecule has 3 fully saturated rings. The number of nitrogens with zero attached hydrogens (tertiary/aromatic N) is 2. The van der Waals surface area contributed by atoms with Crippen LogP contribution in [0.15, 0.2) is 35.0 Å². The van der Waals surface area contributed by atoms with Crippen molar-refractivity contribution in [3.05, 3.63) is 53.2 Å². The molecule has 0 aliphatic carbocycles. The minimum atomic E-state index is -0.0343. The van der Waals surface area contributed by atoms with E-state index in [2.05, 4.69) is 28.2 Å². The molecular formula is C22H27N3O3. The number of ether oxygens (including phenoxy) is 1. The third-order valence-corrected chi connectivity index (χ3v) is 6.89. The van der Waals surface area contributed by atoms with E-state index < -0.39 is 0 Å². The van der Waals surface area contributed by atoms with Crippen molar-refractivity contribution in [1.29, 1.82) is 0 Å². The molecule has 28 heavy (non-hydrogen) atoms. The molecule has 1 amide bonds. The molecule has 3 aliphatic heterocycles. The Labute approximate surface area is 165 Å². The zero-order chi connectivity index (χ0) is 19.3. The van der Waals surface area contributed by atoms with Gasteiger partial charge in [0.1, 0.15) is 11.5 Å². The second-order valence-electron chi connectivity index (χ2n) is 8.60. The van der Waals surface area contributed by atoms with Crippen LogP contribution in [0.3, 0.4) is 0 Å². The number of nitrogens with one attached hydrogen (secondary N) is 1. The molecule has 2 aromatic rings. The van der Waals surface area contributed by atoms with Gasteiger partial charge in [-0.1, -0.05) is 0 Å². The highest BCUT2D eigenvalue weighted by Gasteiger charge is 2.62. The lowest BCUT2D eigenvalue weighted by Crippen LogP contribution is -2.41. The molecule has 0 saturated carbocycles. The first-order valence-corrected chi connectivity index (χ1v) is 10.2. The molecular weight excluding hydrogens is 354 g/mol. The van der Waals surface area contributed by atoms with Crippen LogP contribution in [0, 0.1) is 25.7 Å². The number of carbonyl (C=O) groups excluding carboxylic acids is 1. The number of fused-ring (bicyclic) bond motifs is 1. The van der Waals surface area contributed by atoms with Crippen LogP contribution in [0.25, 0.3) is 0 Å². The summed E-state index contributed by atoms with van der Waals surface area (Å²) in [7, 11) is 0. The predicted octanol–water partition coefficient (Wildman–Crippen LogP) is 2.70. The molecule has 6 nitrogen and oxygen atoms in total. The summed E-state index contributed by atoms with van der Waals surface area (Å²) < 4.78 is 12.4. The molecule has 3 aliphatic rings. The Morgan fingerprint density at radius 2 is 2.18 bits per heavy atom. The van der Waals surface area contributed by atoms with Crippen molar-refractivity contribution >= 4 is 5.91 Å². The van der Waals surface area contributed by atoms with Gasteiger partial charge in [0.15, 0.2) is 0 Å². The monoisotopic (exact) mass is 381 g/mol. The summed E-state index contributed by atoms with van der Waals surface area (Å²) in [6, 6.07) is 5.64. The highest BCUT2D eigenvalue weighted by molar-refractivity contribution is 5.93. The van der Waals surface area contributed by atoms with Crippen molar-refractivity contribution in [2.75, 3.05) is 19.6 Å². The van der Waals surface area contributed by atoms with Crippen LogP contribution in [-0.4, -0.2) is 47.1 Å². The predicted molar refractivity (Wildman–Crippen MR) is 104 cm³/mol. The number of rotatable bonds is 5. The number of hydrogen-bond donors (Lipinski definition) is 1. The average molecular weight is 381 g/mol. The van der Waals surface area contributed by atoms with E-state index in [9.17, 15) is 4.79 Å². The number of hydrogen-bond acceptors (Lipinski definition) is 5. The SMILES string of the molecule is Cc1cc(CN2C[C@@H]3[C@H](CNC(=O)c4ccncc4)[C@H]4CC[C@]3(C2)O4)oc1C. The van der Waals surface area contributed by atoms with Gasteiger partial charge in [0, 0.05) is 49.4 Å². The molecule has 4 atom stereocenters. The Morgan fingerprint density at radius 1 is 1.36 bits per heavy atom. The Kier molecular flexibility index (Phi) is 4.29. The maximum absolute atomic E-state index is 12.4. The Bertz CT molecular complexity index is 861.